The zero-order chi connectivity index (χ0) is 14.1. The Morgan fingerprint density at radius 2 is 2.00 bits per heavy atom. The number of hydrogen-bond acceptors (Lipinski definition) is 3. The van der Waals surface area contributed by atoms with Gasteiger partial charge in [0.15, 0.2) is 0 Å². The second-order valence-corrected chi connectivity index (χ2v) is 6.18. The van der Waals surface area contributed by atoms with Crippen LogP contribution in [0, 0.1) is 18.3 Å². The van der Waals surface area contributed by atoms with Crippen LogP contribution in [0.2, 0.25) is 0 Å². The highest BCUT2D eigenvalue weighted by molar-refractivity contribution is 5.61. The molecule has 0 aromatic heterocycles. The van der Waals surface area contributed by atoms with Crippen molar-refractivity contribution in [3.8, 4) is 6.07 Å². The number of aryl methyl sites for hydroxylation is 1. The minimum Gasteiger partial charge on any atom is -0.368 e. The molecule has 2 unspecified atom stereocenters. The zero-order valence-electron chi connectivity index (χ0n) is 12.4. The summed E-state index contributed by atoms with van der Waals surface area (Å²) < 4.78 is 0. The molecule has 0 radical (unpaired) electrons. The normalized spacial score (nSPS) is 28.1. The van der Waals surface area contributed by atoms with Gasteiger partial charge in [-0.15, -0.1) is 0 Å². The summed E-state index contributed by atoms with van der Waals surface area (Å²) in [5, 5.41) is 13.1. The molecule has 2 aliphatic heterocycles. The lowest BCUT2D eigenvalue weighted by atomic mass is 9.96. The highest BCUT2D eigenvalue weighted by Crippen LogP contribution is 2.33. The number of fused-ring (bicyclic) bond motifs is 2. The summed E-state index contributed by atoms with van der Waals surface area (Å²) in [7, 11) is 0. The second kappa shape index (κ2) is 5.46. The first-order valence-corrected chi connectivity index (χ1v) is 7.74. The van der Waals surface area contributed by atoms with E-state index in [1.807, 2.05) is 13.0 Å². The molecule has 2 atom stereocenters. The Hall–Kier alpha value is -1.53. The van der Waals surface area contributed by atoms with Crippen molar-refractivity contribution in [1.82, 2.24) is 5.32 Å². The predicted molar refractivity (Wildman–Crippen MR) is 81.9 cm³/mol. The number of nitrogens with one attached hydrogen (secondary N) is 1. The van der Waals surface area contributed by atoms with Gasteiger partial charge in [0.2, 0.25) is 0 Å². The highest BCUT2D eigenvalue weighted by Gasteiger charge is 2.36. The van der Waals surface area contributed by atoms with Crippen molar-refractivity contribution >= 4 is 5.69 Å². The van der Waals surface area contributed by atoms with Crippen LogP contribution in [0.25, 0.3) is 0 Å². The first-order valence-electron chi connectivity index (χ1n) is 7.74. The largest absolute Gasteiger partial charge is 0.368 e. The maximum Gasteiger partial charge on any atom is 0.101 e. The first-order chi connectivity index (χ1) is 9.71. The van der Waals surface area contributed by atoms with E-state index in [4.69, 9.17) is 0 Å². The van der Waals surface area contributed by atoms with Crippen molar-refractivity contribution in [2.75, 3.05) is 11.4 Å². The minimum atomic E-state index is 0.577. The summed E-state index contributed by atoms with van der Waals surface area (Å²) >= 11 is 0. The summed E-state index contributed by atoms with van der Waals surface area (Å²) in [6, 6.07) is 10.6. The maximum absolute atomic E-state index is 9.41. The molecule has 2 fully saturated rings. The van der Waals surface area contributed by atoms with Gasteiger partial charge in [-0.3, -0.25) is 0 Å². The van der Waals surface area contributed by atoms with E-state index in [0.717, 1.165) is 23.4 Å². The molecule has 1 aromatic carbocycles. The number of piperidine rings is 1. The summed E-state index contributed by atoms with van der Waals surface area (Å²) in [6.45, 7) is 5.22. The molecule has 2 bridgehead atoms. The Balaban J connectivity index is 1.88. The molecule has 106 valence electrons. The molecular formula is C17H23N3. The average molecular weight is 269 g/mol. The van der Waals surface area contributed by atoms with Crippen LogP contribution >= 0.6 is 0 Å². The second-order valence-electron chi connectivity index (χ2n) is 6.18. The summed E-state index contributed by atoms with van der Waals surface area (Å²) in [4.78, 5) is 2.45. The molecule has 2 heterocycles. The van der Waals surface area contributed by atoms with Crippen molar-refractivity contribution in [3.05, 3.63) is 29.3 Å². The fourth-order valence-electron chi connectivity index (χ4n) is 3.90. The highest BCUT2D eigenvalue weighted by atomic mass is 15.2. The molecule has 3 rings (SSSR count). The lowest BCUT2D eigenvalue weighted by Crippen LogP contribution is -2.48. The SMILES string of the molecule is CCN(c1ccc(C)cc1C#N)C1CC2CCC(C1)N2. The monoisotopic (exact) mass is 269 g/mol. The van der Waals surface area contributed by atoms with E-state index in [1.165, 1.54) is 25.7 Å². The Labute approximate surface area is 121 Å². The van der Waals surface area contributed by atoms with Crippen LogP contribution in [-0.4, -0.2) is 24.7 Å². The summed E-state index contributed by atoms with van der Waals surface area (Å²) in [5.74, 6) is 0. The van der Waals surface area contributed by atoms with E-state index in [2.05, 4.69) is 35.3 Å². The topological polar surface area (TPSA) is 39.1 Å². The fraction of sp³-hybridized carbons (Fsp3) is 0.588. The summed E-state index contributed by atoms with van der Waals surface area (Å²) in [6.07, 6.45) is 5.06. The van der Waals surface area contributed by atoms with Crippen LogP contribution in [0.5, 0.6) is 0 Å². The van der Waals surface area contributed by atoms with Gasteiger partial charge in [-0.25, -0.2) is 0 Å². The third-order valence-electron chi connectivity index (χ3n) is 4.81. The number of nitrogens with zero attached hydrogens (tertiary/aromatic N) is 2. The molecule has 1 aromatic rings. The Morgan fingerprint density at radius 3 is 2.60 bits per heavy atom. The van der Waals surface area contributed by atoms with Gasteiger partial charge >= 0.3 is 0 Å². The van der Waals surface area contributed by atoms with Crippen molar-refractivity contribution in [2.24, 2.45) is 0 Å². The number of hydrogen-bond donors (Lipinski definition) is 1. The first kappa shape index (κ1) is 13.5. The quantitative estimate of drug-likeness (QED) is 0.917. The van der Waals surface area contributed by atoms with Crippen LogP contribution in [0.1, 0.15) is 43.7 Å². The van der Waals surface area contributed by atoms with E-state index < -0.39 is 0 Å². The van der Waals surface area contributed by atoms with Gasteiger partial charge in [0.25, 0.3) is 0 Å². The number of benzene rings is 1. The van der Waals surface area contributed by atoms with Crippen LogP contribution in [0.3, 0.4) is 0 Å². The lowest BCUT2D eigenvalue weighted by molar-refractivity contribution is 0.349. The van der Waals surface area contributed by atoms with Crippen LogP contribution in [0.4, 0.5) is 5.69 Å². The average Bonchev–Trinajstić information content (AvgIpc) is 2.80. The minimum absolute atomic E-state index is 0.577. The summed E-state index contributed by atoms with van der Waals surface area (Å²) in [5.41, 5.74) is 3.09. The van der Waals surface area contributed by atoms with E-state index in [1.54, 1.807) is 0 Å². The van der Waals surface area contributed by atoms with Gasteiger partial charge in [-0.05, 0) is 57.2 Å². The Bertz CT molecular complexity index is 520. The molecular weight excluding hydrogens is 246 g/mol. The third-order valence-corrected chi connectivity index (χ3v) is 4.81. The van der Waals surface area contributed by atoms with Crippen LogP contribution in [0.15, 0.2) is 18.2 Å². The molecule has 2 saturated heterocycles. The number of nitriles is 1. The third kappa shape index (κ3) is 2.41. The Morgan fingerprint density at radius 1 is 1.30 bits per heavy atom. The van der Waals surface area contributed by atoms with E-state index in [9.17, 15) is 5.26 Å². The molecule has 0 aliphatic carbocycles. The van der Waals surface area contributed by atoms with Crippen molar-refractivity contribution < 1.29 is 0 Å². The van der Waals surface area contributed by atoms with E-state index in [-0.39, 0.29) is 0 Å². The Kier molecular flexibility index (Phi) is 3.67. The van der Waals surface area contributed by atoms with Gasteiger partial charge < -0.3 is 10.2 Å². The van der Waals surface area contributed by atoms with E-state index >= 15 is 0 Å². The zero-order valence-corrected chi connectivity index (χ0v) is 12.4. The fourth-order valence-corrected chi connectivity index (χ4v) is 3.90. The van der Waals surface area contributed by atoms with Gasteiger partial charge in [0.1, 0.15) is 6.07 Å². The molecule has 0 spiro atoms. The smallest absolute Gasteiger partial charge is 0.101 e. The number of rotatable bonds is 3. The van der Waals surface area contributed by atoms with Crippen LogP contribution in [-0.2, 0) is 0 Å². The van der Waals surface area contributed by atoms with Gasteiger partial charge in [-0.1, -0.05) is 6.07 Å². The van der Waals surface area contributed by atoms with Crippen molar-refractivity contribution in [1.29, 1.82) is 5.26 Å². The maximum atomic E-state index is 9.41. The molecule has 0 amide bonds. The number of anilines is 1. The van der Waals surface area contributed by atoms with Crippen LogP contribution < -0.4 is 10.2 Å². The van der Waals surface area contributed by atoms with Gasteiger partial charge in [-0.2, -0.15) is 5.26 Å². The lowest BCUT2D eigenvalue weighted by Gasteiger charge is -2.39. The standard InChI is InChI=1S/C17H23N3/c1-3-20(16-9-14-5-6-15(10-16)19-14)17-7-4-12(2)8-13(17)11-18/h4,7-8,14-16,19H,3,5-6,9-10H2,1-2H3. The van der Waals surface area contributed by atoms with E-state index in [0.29, 0.717) is 18.1 Å². The molecule has 3 heteroatoms. The van der Waals surface area contributed by atoms with Crippen molar-refractivity contribution in [3.63, 3.8) is 0 Å². The molecule has 0 saturated carbocycles. The van der Waals surface area contributed by atoms with Crippen molar-refractivity contribution in [2.45, 2.75) is 57.7 Å². The predicted octanol–water partition coefficient (Wildman–Crippen LogP) is 2.98. The molecule has 20 heavy (non-hydrogen) atoms. The molecule has 3 nitrogen and oxygen atoms in total. The van der Waals surface area contributed by atoms with Gasteiger partial charge in [0, 0.05) is 24.7 Å². The molecule has 2 aliphatic rings. The molecule has 1 N–H and O–H groups in total. The van der Waals surface area contributed by atoms with Gasteiger partial charge in [0.05, 0.1) is 11.3 Å².